The van der Waals surface area contributed by atoms with Crippen LogP contribution in [0.15, 0.2) is 66.7 Å². The first-order valence-electron chi connectivity index (χ1n) is 8.72. The van der Waals surface area contributed by atoms with Crippen molar-refractivity contribution in [3.8, 4) is 11.5 Å². The Morgan fingerprint density at radius 2 is 1.37 bits per heavy atom. The maximum Gasteiger partial charge on any atom is 0.169 e. The Balaban J connectivity index is 1.98. The van der Waals surface area contributed by atoms with Gasteiger partial charge >= 0.3 is 0 Å². The second kappa shape index (κ2) is 7.34. The summed E-state index contributed by atoms with van der Waals surface area (Å²) in [6.45, 7) is 0. The van der Waals surface area contributed by atoms with Gasteiger partial charge < -0.3 is 9.47 Å². The Morgan fingerprint density at radius 3 is 2.15 bits per heavy atom. The molecular weight excluding hydrogens is 356 g/mol. The Labute approximate surface area is 163 Å². The summed E-state index contributed by atoms with van der Waals surface area (Å²) < 4.78 is 11.4. The highest BCUT2D eigenvalue weighted by molar-refractivity contribution is 6.32. The van der Waals surface area contributed by atoms with Gasteiger partial charge in [0.1, 0.15) is 0 Å². The van der Waals surface area contributed by atoms with Crippen LogP contribution in [0.1, 0.15) is 11.1 Å². The van der Waals surface area contributed by atoms with Gasteiger partial charge in [0.25, 0.3) is 0 Å². The van der Waals surface area contributed by atoms with Gasteiger partial charge in [0.2, 0.25) is 0 Å². The van der Waals surface area contributed by atoms with Gasteiger partial charge in [-0.25, -0.2) is 0 Å². The van der Waals surface area contributed by atoms with Crippen molar-refractivity contribution in [3.05, 3.63) is 82.9 Å². The molecule has 0 atom stereocenters. The van der Waals surface area contributed by atoms with Crippen LogP contribution in [0.5, 0.6) is 11.5 Å². The fraction of sp³-hybridized carbons (Fsp3) is 0.0833. The minimum atomic E-state index is 0.712. The van der Waals surface area contributed by atoms with Crippen molar-refractivity contribution in [1.29, 1.82) is 0 Å². The highest BCUT2D eigenvalue weighted by atomic mass is 35.5. The molecule has 0 aliphatic heterocycles. The number of ether oxygens (including phenoxy) is 2. The first-order valence-corrected chi connectivity index (χ1v) is 9.10. The summed E-state index contributed by atoms with van der Waals surface area (Å²) in [5, 5.41) is 5.25. The van der Waals surface area contributed by atoms with E-state index in [-0.39, 0.29) is 0 Å². The molecular formula is C24H19ClO2. The molecule has 0 amide bonds. The number of benzene rings is 4. The highest BCUT2D eigenvalue weighted by Gasteiger charge is 2.15. The van der Waals surface area contributed by atoms with Crippen LogP contribution in [0, 0.1) is 0 Å². The molecule has 0 aromatic heterocycles. The average molecular weight is 375 g/mol. The van der Waals surface area contributed by atoms with E-state index in [2.05, 4.69) is 36.4 Å². The van der Waals surface area contributed by atoms with E-state index in [0.717, 1.165) is 27.6 Å². The van der Waals surface area contributed by atoms with Crippen molar-refractivity contribution in [3.63, 3.8) is 0 Å². The molecule has 0 bridgehead atoms. The zero-order valence-corrected chi connectivity index (χ0v) is 16.0. The van der Waals surface area contributed by atoms with Crippen LogP contribution < -0.4 is 9.47 Å². The maximum absolute atomic E-state index is 6.29. The smallest absolute Gasteiger partial charge is 0.169 e. The molecule has 0 radical (unpaired) electrons. The maximum atomic E-state index is 6.29. The van der Waals surface area contributed by atoms with Crippen LogP contribution in [0.25, 0.3) is 33.7 Å². The van der Waals surface area contributed by atoms with Crippen LogP contribution >= 0.6 is 11.6 Å². The van der Waals surface area contributed by atoms with E-state index in [1.54, 1.807) is 14.2 Å². The molecule has 134 valence electrons. The van der Waals surface area contributed by atoms with E-state index >= 15 is 0 Å². The molecule has 0 aliphatic carbocycles. The zero-order valence-electron chi connectivity index (χ0n) is 15.2. The van der Waals surface area contributed by atoms with E-state index in [0.29, 0.717) is 10.8 Å². The predicted octanol–water partition coefficient (Wildman–Crippen LogP) is 6.83. The van der Waals surface area contributed by atoms with Crippen LogP contribution in [-0.4, -0.2) is 14.2 Å². The van der Waals surface area contributed by atoms with Gasteiger partial charge in [-0.1, -0.05) is 72.3 Å². The van der Waals surface area contributed by atoms with Gasteiger partial charge in [0, 0.05) is 16.0 Å². The third-order valence-corrected chi connectivity index (χ3v) is 5.08. The van der Waals surface area contributed by atoms with E-state index < -0.39 is 0 Å². The Morgan fingerprint density at radius 1 is 0.667 bits per heavy atom. The summed E-state index contributed by atoms with van der Waals surface area (Å²) in [6, 6.07) is 22.4. The lowest BCUT2D eigenvalue weighted by Gasteiger charge is -2.15. The van der Waals surface area contributed by atoms with Gasteiger partial charge in [-0.15, -0.1) is 0 Å². The zero-order chi connectivity index (χ0) is 18.8. The molecule has 27 heavy (non-hydrogen) atoms. The third kappa shape index (κ3) is 3.13. The number of hydrogen-bond donors (Lipinski definition) is 0. The fourth-order valence-corrected chi connectivity index (χ4v) is 3.65. The minimum Gasteiger partial charge on any atom is -0.492 e. The number of halogens is 1. The molecule has 0 spiro atoms. The molecule has 0 fully saturated rings. The van der Waals surface area contributed by atoms with E-state index in [9.17, 15) is 0 Å². The summed E-state index contributed by atoms with van der Waals surface area (Å²) in [5.74, 6) is 1.45. The van der Waals surface area contributed by atoms with Gasteiger partial charge in [-0.05, 0) is 39.9 Å². The molecule has 4 rings (SSSR count). The number of fused-ring (bicyclic) bond motifs is 3. The number of methoxy groups -OCH3 is 2. The second-order valence-electron chi connectivity index (χ2n) is 6.27. The monoisotopic (exact) mass is 374 g/mol. The predicted molar refractivity (Wildman–Crippen MR) is 115 cm³/mol. The van der Waals surface area contributed by atoms with E-state index in [4.69, 9.17) is 21.1 Å². The summed E-state index contributed by atoms with van der Waals surface area (Å²) in [6.07, 6.45) is 4.01. The molecule has 0 unspecified atom stereocenters. The highest BCUT2D eigenvalue weighted by Crippen LogP contribution is 2.42. The second-order valence-corrected chi connectivity index (χ2v) is 6.68. The van der Waals surface area contributed by atoms with Crippen LogP contribution in [0.4, 0.5) is 0 Å². The first-order chi connectivity index (χ1) is 13.2. The lowest BCUT2D eigenvalue weighted by Crippen LogP contribution is -1.95. The summed E-state index contributed by atoms with van der Waals surface area (Å²) >= 11 is 6.29. The van der Waals surface area contributed by atoms with Gasteiger partial charge in [-0.3, -0.25) is 0 Å². The summed E-state index contributed by atoms with van der Waals surface area (Å²) in [5.41, 5.74) is 1.90. The van der Waals surface area contributed by atoms with Crippen molar-refractivity contribution in [1.82, 2.24) is 0 Å². The van der Waals surface area contributed by atoms with Crippen molar-refractivity contribution < 1.29 is 9.47 Å². The van der Waals surface area contributed by atoms with Crippen molar-refractivity contribution in [2.75, 3.05) is 14.2 Å². The standard InChI is InChI=1S/C24H19ClO2/c1-26-23-18(12-11-17-8-4-6-10-22(17)25)15-21-19-9-5-3-7-16(19)13-14-20(21)24(23)27-2/h3-15H,1-2H3/b12-11-. The average Bonchev–Trinajstić information content (AvgIpc) is 2.71. The third-order valence-electron chi connectivity index (χ3n) is 4.74. The molecule has 0 saturated carbocycles. The number of hydrogen-bond acceptors (Lipinski definition) is 2. The van der Waals surface area contributed by atoms with Crippen LogP contribution in [0.2, 0.25) is 5.02 Å². The topological polar surface area (TPSA) is 18.5 Å². The quantitative estimate of drug-likeness (QED) is 0.288. The Kier molecular flexibility index (Phi) is 4.74. The summed E-state index contributed by atoms with van der Waals surface area (Å²) in [7, 11) is 3.34. The minimum absolute atomic E-state index is 0.712. The molecule has 2 nitrogen and oxygen atoms in total. The molecule has 0 N–H and O–H groups in total. The van der Waals surface area contributed by atoms with Gasteiger partial charge in [0.05, 0.1) is 14.2 Å². The number of rotatable bonds is 4. The lowest BCUT2D eigenvalue weighted by molar-refractivity contribution is 0.358. The van der Waals surface area contributed by atoms with Crippen molar-refractivity contribution >= 4 is 45.3 Å². The normalized spacial score (nSPS) is 11.4. The summed E-state index contributed by atoms with van der Waals surface area (Å²) in [4.78, 5) is 0. The Bertz CT molecular complexity index is 1160. The molecule has 4 aromatic carbocycles. The van der Waals surface area contributed by atoms with Crippen LogP contribution in [-0.2, 0) is 0 Å². The van der Waals surface area contributed by atoms with Crippen molar-refractivity contribution in [2.45, 2.75) is 0 Å². The van der Waals surface area contributed by atoms with E-state index in [1.165, 1.54) is 10.8 Å². The molecule has 0 saturated heterocycles. The largest absolute Gasteiger partial charge is 0.492 e. The SMILES string of the molecule is COc1c(/C=C\c2ccccc2Cl)cc2c(ccc3ccccc32)c1OC. The van der Waals surface area contributed by atoms with Crippen LogP contribution in [0.3, 0.4) is 0 Å². The first kappa shape index (κ1) is 17.4. The molecule has 0 aliphatic rings. The molecule has 0 heterocycles. The molecule has 4 aromatic rings. The lowest BCUT2D eigenvalue weighted by atomic mass is 9.98. The Hall–Kier alpha value is -2.97. The fourth-order valence-electron chi connectivity index (χ4n) is 3.45. The van der Waals surface area contributed by atoms with E-state index in [1.807, 2.05) is 42.5 Å². The van der Waals surface area contributed by atoms with Gasteiger partial charge in [0.15, 0.2) is 11.5 Å². The molecule has 3 heteroatoms. The van der Waals surface area contributed by atoms with Crippen molar-refractivity contribution in [2.24, 2.45) is 0 Å². The van der Waals surface area contributed by atoms with Gasteiger partial charge in [-0.2, -0.15) is 0 Å².